The van der Waals surface area contributed by atoms with E-state index >= 15 is 0 Å². The van der Waals surface area contributed by atoms with Crippen LogP contribution < -0.4 is 16.0 Å². The van der Waals surface area contributed by atoms with Crippen LogP contribution in [0.4, 0.5) is 5.69 Å². The van der Waals surface area contributed by atoms with Gasteiger partial charge in [-0.15, -0.1) is 0 Å². The number of hydrogen-bond donors (Lipinski definition) is 3. The lowest BCUT2D eigenvalue weighted by molar-refractivity contribution is 0.102. The molecule has 120 valence electrons. The third kappa shape index (κ3) is 5.07. The van der Waals surface area contributed by atoms with Crippen molar-refractivity contribution >= 4 is 28.9 Å². The molecule has 0 aliphatic rings. The fraction of sp³-hybridized carbons (Fsp3) is 0.222. The largest absolute Gasteiger partial charge is 0.363 e. The number of rotatable bonds is 5. The first-order chi connectivity index (χ1) is 11.1. The van der Waals surface area contributed by atoms with Gasteiger partial charge in [-0.3, -0.25) is 4.79 Å². The van der Waals surface area contributed by atoms with E-state index in [1.54, 1.807) is 12.1 Å². The molecule has 1 atom stereocenters. The molecule has 0 radical (unpaired) electrons. The predicted molar refractivity (Wildman–Crippen MR) is 98.7 cm³/mol. The molecule has 1 amide bonds. The smallest absolute Gasteiger partial charge is 0.255 e. The summed E-state index contributed by atoms with van der Waals surface area (Å²) in [5.41, 5.74) is 2.45. The molecule has 0 bridgehead atoms. The van der Waals surface area contributed by atoms with Crippen molar-refractivity contribution in [2.45, 2.75) is 19.9 Å². The van der Waals surface area contributed by atoms with E-state index in [0.717, 1.165) is 17.8 Å². The lowest BCUT2D eigenvalue weighted by Crippen LogP contribution is -2.36. The van der Waals surface area contributed by atoms with Crippen LogP contribution in [0.3, 0.4) is 0 Å². The maximum atomic E-state index is 12.2. The SMILES string of the molecule is CCNC(=S)NC(C)c1cccc(NC(=O)c2ccccc2)c1. The fourth-order valence-electron chi connectivity index (χ4n) is 2.17. The molecule has 0 aromatic heterocycles. The molecular weight excluding hydrogens is 306 g/mol. The van der Waals surface area contributed by atoms with E-state index in [2.05, 4.69) is 16.0 Å². The van der Waals surface area contributed by atoms with Gasteiger partial charge in [0.05, 0.1) is 6.04 Å². The van der Waals surface area contributed by atoms with Crippen LogP contribution in [0, 0.1) is 0 Å². The Morgan fingerprint density at radius 2 is 1.87 bits per heavy atom. The van der Waals surface area contributed by atoms with Crippen molar-refractivity contribution in [2.24, 2.45) is 0 Å². The number of carbonyl (C=O) groups excluding carboxylic acids is 1. The fourth-order valence-corrected chi connectivity index (χ4v) is 2.49. The van der Waals surface area contributed by atoms with Crippen molar-refractivity contribution in [3.63, 3.8) is 0 Å². The maximum Gasteiger partial charge on any atom is 0.255 e. The molecule has 2 rings (SSSR count). The predicted octanol–water partition coefficient (Wildman–Crippen LogP) is 3.48. The highest BCUT2D eigenvalue weighted by molar-refractivity contribution is 7.80. The number of benzene rings is 2. The second-order valence-corrected chi connectivity index (χ2v) is 5.58. The maximum absolute atomic E-state index is 12.2. The molecule has 0 fully saturated rings. The molecule has 0 heterocycles. The van der Waals surface area contributed by atoms with Crippen LogP contribution in [0.2, 0.25) is 0 Å². The number of hydrogen-bond acceptors (Lipinski definition) is 2. The van der Waals surface area contributed by atoms with Gasteiger partial charge in [0.2, 0.25) is 0 Å². The third-order valence-electron chi connectivity index (χ3n) is 3.37. The summed E-state index contributed by atoms with van der Waals surface area (Å²) < 4.78 is 0. The van der Waals surface area contributed by atoms with Gasteiger partial charge in [-0.25, -0.2) is 0 Å². The van der Waals surface area contributed by atoms with Crippen LogP contribution in [0.15, 0.2) is 54.6 Å². The van der Waals surface area contributed by atoms with Crippen molar-refractivity contribution in [3.05, 3.63) is 65.7 Å². The topological polar surface area (TPSA) is 53.2 Å². The van der Waals surface area contributed by atoms with Crippen LogP contribution in [0.1, 0.15) is 35.8 Å². The van der Waals surface area contributed by atoms with Crippen LogP contribution in [-0.2, 0) is 0 Å². The molecule has 2 aromatic carbocycles. The first-order valence-electron chi connectivity index (χ1n) is 7.61. The van der Waals surface area contributed by atoms with Crippen molar-refractivity contribution in [2.75, 3.05) is 11.9 Å². The average Bonchev–Trinajstić information content (AvgIpc) is 2.56. The molecule has 4 nitrogen and oxygen atoms in total. The Bertz CT molecular complexity index is 673. The molecule has 23 heavy (non-hydrogen) atoms. The normalized spacial score (nSPS) is 11.4. The summed E-state index contributed by atoms with van der Waals surface area (Å²) in [6, 6.07) is 17.0. The molecule has 1 unspecified atom stereocenters. The summed E-state index contributed by atoms with van der Waals surface area (Å²) in [7, 11) is 0. The number of thiocarbonyl (C=S) groups is 1. The first kappa shape index (κ1) is 17.0. The van der Waals surface area contributed by atoms with Gasteiger partial charge in [0.1, 0.15) is 0 Å². The van der Waals surface area contributed by atoms with E-state index in [4.69, 9.17) is 12.2 Å². The van der Waals surface area contributed by atoms with E-state index in [1.807, 2.05) is 56.3 Å². The molecule has 0 aliphatic carbocycles. The summed E-state index contributed by atoms with van der Waals surface area (Å²) in [4.78, 5) is 12.2. The summed E-state index contributed by atoms with van der Waals surface area (Å²) in [6.45, 7) is 4.81. The molecule has 0 spiro atoms. The Hall–Kier alpha value is -2.40. The van der Waals surface area contributed by atoms with Gasteiger partial charge in [0.15, 0.2) is 5.11 Å². The van der Waals surface area contributed by atoms with Crippen molar-refractivity contribution in [1.29, 1.82) is 0 Å². The summed E-state index contributed by atoms with van der Waals surface area (Å²) in [5, 5.41) is 9.82. The van der Waals surface area contributed by atoms with Crippen LogP contribution in [0.5, 0.6) is 0 Å². The monoisotopic (exact) mass is 327 g/mol. The van der Waals surface area contributed by atoms with Gasteiger partial charge in [0, 0.05) is 17.8 Å². The van der Waals surface area contributed by atoms with Gasteiger partial charge >= 0.3 is 0 Å². The second kappa shape index (κ2) is 8.29. The van der Waals surface area contributed by atoms with Gasteiger partial charge in [-0.1, -0.05) is 30.3 Å². The van der Waals surface area contributed by atoms with Crippen LogP contribution in [-0.4, -0.2) is 17.6 Å². The molecule has 3 N–H and O–H groups in total. The summed E-state index contributed by atoms with van der Waals surface area (Å²) in [5.74, 6) is -0.119. The zero-order chi connectivity index (χ0) is 16.7. The van der Waals surface area contributed by atoms with Crippen LogP contribution in [0.25, 0.3) is 0 Å². The average molecular weight is 327 g/mol. The molecule has 0 saturated carbocycles. The first-order valence-corrected chi connectivity index (χ1v) is 8.01. The minimum atomic E-state index is -0.119. The molecule has 5 heteroatoms. The van der Waals surface area contributed by atoms with E-state index < -0.39 is 0 Å². The number of anilines is 1. The lowest BCUT2D eigenvalue weighted by atomic mass is 10.1. The van der Waals surface area contributed by atoms with Gasteiger partial charge in [-0.05, 0) is 55.9 Å². The van der Waals surface area contributed by atoms with E-state index in [-0.39, 0.29) is 11.9 Å². The Labute approximate surface area is 142 Å². The standard InChI is InChI=1S/C18H21N3OS/c1-3-19-18(23)20-13(2)15-10-7-11-16(12-15)21-17(22)14-8-5-4-6-9-14/h4-13H,3H2,1-2H3,(H,21,22)(H2,19,20,23). The number of amides is 1. The zero-order valence-corrected chi connectivity index (χ0v) is 14.1. The lowest BCUT2D eigenvalue weighted by Gasteiger charge is -2.17. The highest BCUT2D eigenvalue weighted by Crippen LogP contribution is 2.18. The van der Waals surface area contributed by atoms with Crippen molar-refractivity contribution < 1.29 is 4.79 Å². The van der Waals surface area contributed by atoms with E-state index in [0.29, 0.717) is 10.7 Å². The molecule has 0 aliphatic heterocycles. The minimum absolute atomic E-state index is 0.0510. The van der Waals surface area contributed by atoms with E-state index in [1.165, 1.54) is 0 Å². The summed E-state index contributed by atoms with van der Waals surface area (Å²) in [6.07, 6.45) is 0. The number of carbonyl (C=O) groups is 1. The Morgan fingerprint density at radius 3 is 2.57 bits per heavy atom. The molecule has 2 aromatic rings. The molecule has 0 saturated heterocycles. The molecular formula is C18H21N3OS. The summed E-state index contributed by atoms with van der Waals surface area (Å²) >= 11 is 5.20. The zero-order valence-electron chi connectivity index (χ0n) is 13.3. The van der Waals surface area contributed by atoms with Crippen LogP contribution >= 0.6 is 12.2 Å². The number of nitrogens with one attached hydrogen (secondary N) is 3. The van der Waals surface area contributed by atoms with Gasteiger partial charge in [-0.2, -0.15) is 0 Å². The quantitative estimate of drug-likeness (QED) is 0.736. The third-order valence-corrected chi connectivity index (χ3v) is 3.63. The van der Waals surface area contributed by atoms with Crippen molar-refractivity contribution in [3.8, 4) is 0 Å². The highest BCUT2D eigenvalue weighted by atomic mass is 32.1. The van der Waals surface area contributed by atoms with Crippen molar-refractivity contribution in [1.82, 2.24) is 10.6 Å². The second-order valence-electron chi connectivity index (χ2n) is 5.17. The van der Waals surface area contributed by atoms with Gasteiger partial charge in [0.25, 0.3) is 5.91 Å². The highest BCUT2D eigenvalue weighted by Gasteiger charge is 2.09. The van der Waals surface area contributed by atoms with Gasteiger partial charge < -0.3 is 16.0 Å². The Morgan fingerprint density at radius 1 is 1.13 bits per heavy atom. The van der Waals surface area contributed by atoms with E-state index in [9.17, 15) is 4.79 Å². The Kier molecular flexibility index (Phi) is 6.11. The minimum Gasteiger partial charge on any atom is -0.363 e. The Balaban J connectivity index is 2.05.